The van der Waals surface area contributed by atoms with Crippen molar-refractivity contribution in [3.05, 3.63) is 0 Å². The lowest BCUT2D eigenvalue weighted by Crippen LogP contribution is -2.49. The van der Waals surface area contributed by atoms with Crippen LogP contribution >= 0.6 is 24.8 Å². The molecule has 0 amide bonds. The largest absolute Gasteiger partial charge is 0.314 e. The van der Waals surface area contributed by atoms with Crippen molar-refractivity contribution in [2.24, 2.45) is 0 Å². The summed E-state index contributed by atoms with van der Waals surface area (Å²) in [5.74, 6) is -0.278. The quantitative estimate of drug-likeness (QED) is 0.795. The van der Waals surface area contributed by atoms with Crippen LogP contribution in [0.5, 0.6) is 0 Å². The highest BCUT2D eigenvalue weighted by Crippen LogP contribution is 2.28. The summed E-state index contributed by atoms with van der Waals surface area (Å²) in [6, 6.07) is 0. The topological polar surface area (TPSA) is 49.4 Å². The molecule has 2 aliphatic rings. The summed E-state index contributed by atoms with van der Waals surface area (Å²) >= 11 is 0. The predicted molar refractivity (Wildman–Crippen MR) is 70.9 cm³/mol. The molecular weight excluding hydrogens is 290 g/mol. The Labute approximate surface area is 114 Å². The number of alkyl halides is 1. The highest BCUT2D eigenvalue weighted by atomic mass is 35.5. The van der Waals surface area contributed by atoms with E-state index in [0.29, 0.717) is 0 Å². The number of nitrogens with one attached hydrogen (secondary N) is 1. The SMILES string of the molecule is Cl.Cl.O=S1(=O)CCC(F)(CN2CCNCC2)C1. The summed E-state index contributed by atoms with van der Waals surface area (Å²) in [6.07, 6.45) is 0.166. The smallest absolute Gasteiger partial charge is 0.153 e. The van der Waals surface area contributed by atoms with Crippen LogP contribution in [0.1, 0.15) is 6.42 Å². The van der Waals surface area contributed by atoms with Gasteiger partial charge in [-0.25, -0.2) is 12.8 Å². The number of nitrogens with zero attached hydrogens (tertiary/aromatic N) is 1. The Balaban J connectivity index is 0.00000128. The zero-order valence-electron chi connectivity index (χ0n) is 9.52. The molecule has 2 fully saturated rings. The fourth-order valence-electron chi connectivity index (χ4n) is 2.27. The van der Waals surface area contributed by atoms with Crippen molar-refractivity contribution in [2.45, 2.75) is 12.1 Å². The molecule has 2 heterocycles. The van der Waals surface area contributed by atoms with Gasteiger partial charge in [-0.1, -0.05) is 0 Å². The van der Waals surface area contributed by atoms with E-state index in [2.05, 4.69) is 5.32 Å². The zero-order chi connectivity index (χ0) is 10.9. The average Bonchev–Trinajstić information content (AvgIpc) is 2.42. The van der Waals surface area contributed by atoms with E-state index >= 15 is 0 Å². The van der Waals surface area contributed by atoms with Gasteiger partial charge in [-0.05, 0) is 6.42 Å². The van der Waals surface area contributed by atoms with Crippen LogP contribution in [0.15, 0.2) is 0 Å². The number of hydrogen-bond donors (Lipinski definition) is 1. The Morgan fingerprint density at radius 1 is 1.24 bits per heavy atom. The molecule has 1 atom stereocenters. The minimum absolute atomic E-state index is 0. The molecule has 4 nitrogen and oxygen atoms in total. The third-order valence-corrected chi connectivity index (χ3v) is 4.84. The van der Waals surface area contributed by atoms with Crippen molar-refractivity contribution in [1.82, 2.24) is 10.2 Å². The maximum absolute atomic E-state index is 14.2. The van der Waals surface area contributed by atoms with Crippen molar-refractivity contribution in [3.63, 3.8) is 0 Å². The van der Waals surface area contributed by atoms with Gasteiger partial charge < -0.3 is 5.32 Å². The van der Waals surface area contributed by atoms with E-state index in [4.69, 9.17) is 0 Å². The van der Waals surface area contributed by atoms with Crippen molar-refractivity contribution >= 4 is 34.7 Å². The molecule has 0 aromatic rings. The Hall–Kier alpha value is 0.380. The van der Waals surface area contributed by atoms with E-state index in [1.807, 2.05) is 4.90 Å². The van der Waals surface area contributed by atoms with Gasteiger partial charge >= 0.3 is 0 Å². The van der Waals surface area contributed by atoms with Gasteiger partial charge in [0.05, 0.1) is 11.5 Å². The predicted octanol–water partition coefficient (Wildman–Crippen LogP) is 0.262. The minimum Gasteiger partial charge on any atom is -0.314 e. The molecule has 0 saturated carbocycles. The summed E-state index contributed by atoms with van der Waals surface area (Å²) in [4.78, 5) is 2.01. The van der Waals surface area contributed by atoms with E-state index in [9.17, 15) is 12.8 Å². The summed E-state index contributed by atoms with van der Waals surface area (Å²) in [5.41, 5.74) is -1.50. The molecule has 0 aromatic heterocycles. The fourth-order valence-corrected chi connectivity index (χ4v) is 4.12. The molecule has 2 aliphatic heterocycles. The second kappa shape index (κ2) is 6.52. The molecule has 17 heavy (non-hydrogen) atoms. The summed E-state index contributed by atoms with van der Waals surface area (Å²) in [6.45, 7) is 3.62. The van der Waals surface area contributed by atoms with Crippen LogP contribution in [0.3, 0.4) is 0 Å². The van der Waals surface area contributed by atoms with Crippen LogP contribution in [-0.4, -0.2) is 63.2 Å². The van der Waals surface area contributed by atoms with E-state index in [0.717, 1.165) is 26.2 Å². The van der Waals surface area contributed by atoms with Gasteiger partial charge in [-0.3, -0.25) is 4.90 Å². The first kappa shape index (κ1) is 17.4. The first-order valence-electron chi connectivity index (χ1n) is 5.32. The third-order valence-electron chi connectivity index (χ3n) is 3.06. The van der Waals surface area contributed by atoms with Gasteiger partial charge in [0.15, 0.2) is 9.84 Å². The maximum atomic E-state index is 14.2. The van der Waals surface area contributed by atoms with E-state index in [1.54, 1.807) is 0 Å². The Morgan fingerprint density at radius 2 is 1.82 bits per heavy atom. The molecular formula is C9H19Cl2FN2O2S. The highest BCUT2D eigenvalue weighted by Gasteiger charge is 2.43. The number of hydrogen-bond acceptors (Lipinski definition) is 4. The summed E-state index contributed by atoms with van der Waals surface area (Å²) < 4.78 is 36.6. The molecule has 2 saturated heterocycles. The summed E-state index contributed by atoms with van der Waals surface area (Å²) in [7, 11) is -3.12. The fraction of sp³-hybridized carbons (Fsp3) is 1.00. The van der Waals surface area contributed by atoms with Crippen LogP contribution < -0.4 is 5.32 Å². The van der Waals surface area contributed by atoms with Gasteiger partial charge in [0.1, 0.15) is 5.67 Å². The number of rotatable bonds is 2. The van der Waals surface area contributed by atoms with Gasteiger partial charge in [0.2, 0.25) is 0 Å². The van der Waals surface area contributed by atoms with Crippen molar-refractivity contribution in [3.8, 4) is 0 Å². The minimum atomic E-state index is -3.12. The van der Waals surface area contributed by atoms with Crippen molar-refractivity contribution < 1.29 is 12.8 Å². The third kappa shape index (κ3) is 4.87. The molecule has 2 rings (SSSR count). The Bertz CT molecular complexity index is 336. The molecule has 8 heteroatoms. The molecule has 0 aromatic carbocycles. The summed E-state index contributed by atoms with van der Waals surface area (Å²) in [5, 5.41) is 3.19. The van der Waals surface area contributed by atoms with E-state index < -0.39 is 15.5 Å². The monoisotopic (exact) mass is 308 g/mol. The standard InChI is InChI=1S/C9H17FN2O2S.2ClH/c10-9(1-6-15(13,14)8-9)7-12-4-2-11-3-5-12;;/h11H,1-8H2;2*1H. The second-order valence-electron chi connectivity index (χ2n) is 4.52. The lowest BCUT2D eigenvalue weighted by molar-refractivity contribution is 0.106. The highest BCUT2D eigenvalue weighted by molar-refractivity contribution is 7.91. The van der Waals surface area contributed by atoms with Gasteiger partial charge in [0.25, 0.3) is 0 Å². The number of halogens is 3. The first-order valence-corrected chi connectivity index (χ1v) is 7.14. The van der Waals surface area contributed by atoms with Gasteiger partial charge in [-0.15, -0.1) is 24.8 Å². The van der Waals surface area contributed by atoms with Crippen LogP contribution in [0, 0.1) is 0 Å². The molecule has 0 bridgehead atoms. The Morgan fingerprint density at radius 3 is 2.29 bits per heavy atom. The van der Waals surface area contributed by atoms with Gasteiger partial charge in [-0.2, -0.15) is 0 Å². The van der Waals surface area contributed by atoms with Crippen LogP contribution in [0.4, 0.5) is 4.39 Å². The number of sulfone groups is 1. The Kier molecular flexibility index (Phi) is 6.66. The zero-order valence-corrected chi connectivity index (χ0v) is 12.0. The lowest BCUT2D eigenvalue weighted by Gasteiger charge is -2.31. The molecule has 1 unspecified atom stereocenters. The van der Waals surface area contributed by atoms with E-state index in [1.165, 1.54) is 0 Å². The molecule has 104 valence electrons. The van der Waals surface area contributed by atoms with Gasteiger partial charge in [0, 0.05) is 32.7 Å². The normalized spacial score (nSPS) is 32.5. The van der Waals surface area contributed by atoms with Crippen LogP contribution in [0.25, 0.3) is 0 Å². The lowest BCUT2D eigenvalue weighted by atomic mass is 10.1. The van der Waals surface area contributed by atoms with Crippen molar-refractivity contribution in [1.29, 1.82) is 0 Å². The van der Waals surface area contributed by atoms with Crippen LogP contribution in [0.2, 0.25) is 0 Å². The van der Waals surface area contributed by atoms with Crippen molar-refractivity contribution in [2.75, 3.05) is 44.2 Å². The molecule has 0 spiro atoms. The molecule has 1 N–H and O–H groups in total. The molecule has 0 aliphatic carbocycles. The second-order valence-corrected chi connectivity index (χ2v) is 6.70. The molecule has 0 radical (unpaired) electrons. The number of piperazine rings is 1. The first-order chi connectivity index (χ1) is 6.99. The van der Waals surface area contributed by atoms with Crippen LogP contribution in [-0.2, 0) is 9.84 Å². The van der Waals surface area contributed by atoms with E-state index in [-0.39, 0.29) is 49.3 Å². The maximum Gasteiger partial charge on any atom is 0.153 e. The average molecular weight is 309 g/mol.